The zero-order valence-corrected chi connectivity index (χ0v) is 24.4. The van der Waals surface area contributed by atoms with E-state index < -0.39 is 17.7 Å². The molecular weight excluding hydrogens is 557 g/mol. The largest absolute Gasteiger partial charge is 0.493 e. The number of hydroxylamine groups is 1. The van der Waals surface area contributed by atoms with Gasteiger partial charge in [-0.1, -0.05) is 0 Å². The summed E-state index contributed by atoms with van der Waals surface area (Å²) in [7, 11) is 5.66. The van der Waals surface area contributed by atoms with Crippen LogP contribution in [0.2, 0.25) is 0 Å². The molecule has 2 rings (SSSR count). The van der Waals surface area contributed by atoms with Gasteiger partial charge in [-0.3, -0.25) is 0 Å². The van der Waals surface area contributed by atoms with Gasteiger partial charge >= 0.3 is 12.1 Å². The van der Waals surface area contributed by atoms with Crippen LogP contribution in [0.4, 0.5) is 10.5 Å². The van der Waals surface area contributed by atoms with E-state index in [1.54, 1.807) is 20.8 Å². The Morgan fingerprint density at radius 1 is 0.744 bits per heavy atom. The Hall–Kier alpha value is -3.44. The van der Waals surface area contributed by atoms with Crippen LogP contribution in [-0.2, 0) is 9.57 Å². The molecule has 39 heavy (non-hydrogen) atoms. The second kappa shape index (κ2) is 14.6. The van der Waals surface area contributed by atoms with Crippen LogP contribution in [0.5, 0.6) is 34.5 Å². The van der Waals surface area contributed by atoms with Crippen LogP contribution in [-0.4, -0.2) is 71.1 Å². The third kappa shape index (κ3) is 8.52. The SMILES string of the molecule is COc1cc(C(=O)ON(C(=O)OC(C)(C)C)c2cc(OC)c(OC)c(OCCCl)c2)cc(OCCCl)c1OC. The number of halogens is 2. The van der Waals surface area contributed by atoms with Crippen molar-refractivity contribution in [2.24, 2.45) is 0 Å². The molecule has 0 radical (unpaired) electrons. The molecule has 0 bridgehead atoms. The van der Waals surface area contributed by atoms with Crippen molar-refractivity contribution in [2.45, 2.75) is 26.4 Å². The van der Waals surface area contributed by atoms with Crippen molar-refractivity contribution in [1.29, 1.82) is 0 Å². The van der Waals surface area contributed by atoms with Crippen molar-refractivity contribution in [2.75, 3.05) is 58.5 Å². The fraction of sp³-hybridized carbons (Fsp3) is 0.462. The van der Waals surface area contributed by atoms with E-state index >= 15 is 0 Å². The molecule has 1 amide bonds. The average Bonchev–Trinajstić information content (AvgIpc) is 2.90. The first-order chi connectivity index (χ1) is 18.5. The standard InChI is InChI=1S/C26H33Cl2NO10/c1-26(2,3)38-25(31)29(17-14-19(33-5)23(35-7)21(15-17)37-11-9-28)39-24(30)16-12-18(32-4)22(34-6)20(13-16)36-10-8-27/h12-15H,8-11H2,1-7H3. The second-order valence-corrected chi connectivity index (χ2v) is 9.37. The van der Waals surface area contributed by atoms with Crippen LogP contribution in [0.25, 0.3) is 0 Å². The first-order valence-electron chi connectivity index (χ1n) is 11.7. The van der Waals surface area contributed by atoms with Gasteiger partial charge in [0.2, 0.25) is 11.5 Å². The van der Waals surface area contributed by atoms with Gasteiger partial charge in [-0.05, 0) is 32.9 Å². The van der Waals surface area contributed by atoms with E-state index in [9.17, 15) is 9.59 Å². The summed E-state index contributed by atoms with van der Waals surface area (Å²) in [5.74, 6) is 0.738. The molecule has 13 heteroatoms. The highest BCUT2D eigenvalue weighted by Crippen LogP contribution is 2.42. The van der Waals surface area contributed by atoms with Gasteiger partial charge in [-0.15, -0.1) is 28.3 Å². The van der Waals surface area contributed by atoms with Crippen LogP contribution in [0, 0.1) is 0 Å². The summed E-state index contributed by atoms with van der Waals surface area (Å²) in [5, 5.41) is 0.680. The van der Waals surface area contributed by atoms with Crippen molar-refractivity contribution in [1.82, 2.24) is 0 Å². The number of carbonyl (C=O) groups excluding carboxylic acids is 2. The van der Waals surface area contributed by atoms with Gasteiger partial charge in [0, 0.05) is 12.1 Å². The van der Waals surface area contributed by atoms with E-state index in [4.69, 9.17) is 61.2 Å². The van der Waals surface area contributed by atoms with Crippen LogP contribution in [0.1, 0.15) is 31.1 Å². The summed E-state index contributed by atoms with van der Waals surface area (Å²) < 4.78 is 38.3. The number of rotatable bonds is 12. The molecule has 0 aliphatic carbocycles. The summed E-state index contributed by atoms with van der Waals surface area (Å²) in [6.45, 7) is 5.28. The van der Waals surface area contributed by atoms with E-state index in [-0.39, 0.29) is 70.7 Å². The number of methoxy groups -OCH3 is 4. The summed E-state index contributed by atoms with van der Waals surface area (Å²) in [5.41, 5.74) is -0.869. The highest BCUT2D eigenvalue weighted by atomic mass is 35.5. The van der Waals surface area contributed by atoms with Crippen molar-refractivity contribution < 1.29 is 47.6 Å². The molecule has 2 aromatic rings. The van der Waals surface area contributed by atoms with Crippen LogP contribution < -0.4 is 33.5 Å². The third-order valence-corrected chi connectivity index (χ3v) is 5.06. The third-order valence-electron chi connectivity index (χ3n) is 4.75. The lowest BCUT2D eigenvalue weighted by Gasteiger charge is -2.27. The maximum atomic E-state index is 13.4. The van der Waals surface area contributed by atoms with Gasteiger partial charge < -0.3 is 38.0 Å². The van der Waals surface area contributed by atoms with Crippen molar-refractivity contribution in [3.8, 4) is 34.5 Å². The second-order valence-electron chi connectivity index (χ2n) is 8.62. The monoisotopic (exact) mass is 589 g/mol. The maximum absolute atomic E-state index is 13.4. The molecular formula is C26H33Cl2NO10. The molecule has 0 unspecified atom stereocenters. The number of benzene rings is 2. The molecule has 0 fully saturated rings. The lowest BCUT2D eigenvalue weighted by Crippen LogP contribution is -2.38. The van der Waals surface area contributed by atoms with Gasteiger partial charge in [-0.2, -0.15) is 0 Å². The number of anilines is 1. The normalized spacial score (nSPS) is 10.8. The molecule has 0 saturated heterocycles. The maximum Gasteiger partial charge on any atom is 0.448 e. The minimum absolute atomic E-state index is 0.00938. The molecule has 0 heterocycles. The Balaban J connectivity index is 2.61. The van der Waals surface area contributed by atoms with Crippen molar-refractivity contribution in [3.63, 3.8) is 0 Å². The Labute approximate surface area is 237 Å². The van der Waals surface area contributed by atoms with E-state index in [0.717, 1.165) is 0 Å². The number of hydrogen-bond donors (Lipinski definition) is 0. The first-order valence-corrected chi connectivity index (χ1v) is 12.7. The molecule has 11 nitrogen and oxygen atoms in total. The molecule has 2 aromatic carbocycles. The molecule has 0 aliphatic heterocycles. The van der Waals surface area contributed by atoms with Gasteiger partial charge in [0.1, 0.15) is 18.8 Å². The lowest BCUT2D eigenvalue weighted by atomic mass is 10.2. The minimum Gasteiger partial charge on any atom is -0.493 e. The number of amides is 1. The van der Waals surface area contributed by atoms with Gasteiger partial charge in [0.15, 0.2) is 23.0 Å². The van der Waals surface area contributed by atoms with E-state index in [0.29, 0.717) is 5.06 Å². The lowest BCUT2D eigenvalue weighted by molar-refractivity contribution is 0.0197. The highest BCUT2D eigenvalue weighted by Gasteiger charge is 2.31. The molecule has 0 aromatic heterocycles. The quantitative estimate of drug-likeness (QED) is 0.233. The zero-order valence-electron chi connectivity index (χ0n) is 22.9. The topological polar surface area (TPSA) is 111 Å². The summed E-state index contributed by atoms with van der Waals surface area (Å²) in [6, 6.07) is 5.61. The van der Waals surface area contributed by atoms with Gasteiger partial charge in [0.05, 0.1) is 51.5 Å². The molecule has 0 N–H and O–H groups in total. The Morgan fingerprint density at radius 2 is 1.21 bits per heavy atom. The summed E-state index contributed by atoms with van der Waals surface area (Å²) in [4.78, 5) is 32.2. The molecule has 0 aliphatic rings. The van der Waals surface area contributed by atoms with E-state index in [1.807, 2.05) is 0 Å². The zero-order chi connectivity index (χ0) is 29.2. The fourth-order valence-corrected chi connectivity index (χ4v) is 3.38. The number of ether oxygens (including phenoxy) is 7. The minimum atomic E-state index is -0.981. The number of alkyl halides is 2. The van der Waals surface area contributed by atoms with E-state index in [2.05, 4.69) is 0 Å². The first kappa shape index (κ1) is 31.8. The smallest absolute Gasteiger partial charge is 0.448 e. The number of nitrogens with zero attached hydrogens (tertiary/aromatic N) is 1. The number of hydrogen-bond acceptors (Lipinski definition) is 10. The fourth-order valence-electron chi connectivity index (χ4n) is 3.23. The van der Waals surface area contributed by atoms with Gasteiger partial charge in [-0.25, -0.2) is 9.59 Å². The van der Waals surface area contributed by atoms with Crippen LogP contribution >= 0.6 is 23.2 Å². The molecule has 216 valence electrons. The van der Waals surface area contributed by atoms with Gasteiger partial charge in [0.25, 0.3) is 0 Å². The van der Waals surface area contributed by atoms with Crippen LogP contribution in [0.3, 0.4) is 0 Å². The molecule has 0 saturated carbocycles. The highest BCUT2D eigenvalue weighted by molar-refractivity contribution is 6.18. The van der Waals surface area contributed by atoms with E-state index in [1.165, 1.54) is 52.7 Å². The summed E-state index contributed by atoms with van der Waals surface area (Å²) >= 11 is 11.5. The Bertz CT molecular complexity index is 1140. The summed E-state index contributed by atoms with van der Waals surface area (Å²) in [6.07, 6.45) is -0.981. The predicted molar refractivity (Wildman–Crippen MR) is 146 cm³/mol. The average molecular weight is 590 g/mol. The van der Waals surface area contributed by atoms with Crippen molar-refractivity contribution in [3.05, 3.63) is 29.8 Å². The number of carbonyl (C=O) groups is 2. The Kier molecular flexibility index (Phi) is 11.9. The van der Waals surface area contributed by atoms with Crippen LogP contribution in [0.15, 0.2) is 24.3 Å². The predicted octanol–water partition coefficient (Wildman–Crippen LogP) is 5.47. The van der Waals surface area contributed by atoms with Crippen molar-refractivity contribution >= 4 is 41.0 Å². The molecule has 0 atom stereocenters. The molecule has 0 spiro atoms. The Morgan fingerprint density at radius 3 is 1.67 bits per heavy atom.